The van der Waals surface area contributed by atoms with E-state index in [2.05, 4.69) is 13.5 Å². The van der Waals surface area contributed by atoms with Crippen LogP contribution >= 0.6 is 0 Å². The van der Waals surface area contributed by atoms with Crippen molar-refractivity contribution in [2.45, 2.75) is 90.1 Å². The first-order valence-corrected chi connectivity index (χ1v) is 9.04. The van der Waals surface area contributed by atoms with Crippen molar-refractivity contribution >= 4 is 5.97 Å². The van der Waals surface area contributed by atoms with Crippen molar-refractivity contribution in [3.05, 3.63) is 12.2 Å². The van der Waals surface area contributed by atoms with Gasteiger partial charge in [-0.15, -0.1) is 6.58 Å². The Morgan fingerprint density at radius 2 is 2.09 bits per heavy atom. The third kappa shape index (κ3) is 5.92. The molecule has 0 aliphatic carbocycles. The Kier molecular flexibility index (Phi) is 7.09. The summed E-state index contributed by atoms with van der Waals surface area (Å²) in [5, 5.41) is 0. The molecule has 5 atom stereocenters. The van der Waals surface area contributed by atoms with Gasteiger partial charge in [-0.1, -0.05) is 18.9 Å². The molecule has 0 spiro atoms. The van der Waals surface area contributed by atoms with E-state index >= 15 is 0 Å². The van der Waals surface area contributed by atoms with E-state index in [4.69, 9.17) is 14.2 Å². The molecular weight excluding hydrogens is 292 g/mol. The molecule has 5 unspecified atom stereocenters. The van der Waals surface area contributed by atoms with Crippen molar-refractivity contribution in [1.29, 1.82) is 0 Å². The number of hydrogen-bond donors (Lipinski definition) is 0. The van der Waals surface area contributed by atoms with Crippen LogP contribution in [0.25, 0.3) is 0 Å². The summed E-state index contributed by atoms with van der Waals surface area (Å²) >= 11 is 0. The Morgan fingerprint density at radius 3 is 2.78 bits per heavy atom. The van der Waals surface area contributed by atoms with Crippen LogP contribution in [0.5, 0.6) is 0 Å². The monoisotopic (exact) mass is 324 g/mol. The number of ether oxygens (including phenoxy) is 3. The van der Waals surface area contributed by atoms with E-state index in [0.717, 1.165) is 57.1 Å². The van der Waals surface area contributed by atoms with Crippen molar-refractivity contribution < 1.29 is 19.0 Å². The van der Waals surface area contributed by atoms with E-state index in [9.17, 15) is 4.79 Å². The number of allylic oxidation sites excluding steroid dienone is 1. The molecule has 0 amide bonds. The highest BCUT2D eigenvalue weighted by atomic mass is 16.6. The molecule has 132 valence electrons. The smallest absolute Gasteiger partial charge is 0.302 e. The maximum Gasteiger partial charge on any atom is 0.302 e. The maximum atomic E-state index is 11.3. The zero-order valence-electron chi connectivity index (χ0n) is 14.9. The maximum absolute atomic E-state index is 11.3. The second-order valence-electron chi connectivity index (χ2n) is 7.30. The second-order valence-corrected chi connectivity index (χ2v) is 7.30. The standard InChI is InChI=1S/C19H32O4/c1-13(2)8-10-17(22-15(4)20)14(3)6-5-7-18-19-11-9-16(23-19)12-21-18/h14,16-19H,1,5-12H2,2-4H3. The highest BCUT2D eigenvalue weighted by molar-refractivity contribution is 5.66. The molecule has 0 N–H and O–H groups in total. The average Bonchev–Trinajstić information content (AvgIpc) is 2.87. The van der Waals surface area contributed by atoms with Gasteiger partial charge in [0.05, 0.1) is 24.9 Å². The topological polar surface area (TPSA) is 44.8 Å². The largest absolute Gasteiger partial charge is 0.462 e. The van der Waals surface area contributed by atoms with E-state index in [0.29, 0.717) is 18.1 Å². The average molecular weight is 324 g/mol. The van der Waals surface area contributed by atoms with Gasteiger partial charge in [-0.25, -0.2) is 0 Å². The van der Waals surface area contributed by atoms with Gasteiger partial charge in [0.15, 0.2) is 0 Å². The molecule has 2 heterocycles. The lowest BCUT2D eigenvalue weighted by atomic mass is 9.92. The number of hydrogen-bond acceptors (Lipinski definition) is 4. The van der Waals surface area contributed by atoms with Gasteiger partial charge in [0.2, 0.25) is 0 Å². The fourth-order valence-corrected chi connectivity index (χ4v) is 3.63. The number of carbonyl (C=O) groups is 1. The molecule has 4 nitrogen and oxygen atoms in total. The van der Waals surface area contributed by atoms with Gasteiger partial charge in [0, 0.05) is 6.92 Å². The molecule has 2 aliphatic rings. The predicted molar refractivity (Wildman–Crippen MR) is 90.3 cm³/mol. The fourth-order valence-electron chi connectivity index (χ4n) is 3.63. The summed E-state index contributed by atoms with van der Waals surface area (Å²) in [6, 6.07) is 0. The van der Waals surface area contributed by atoms with E-state index in [-0.39, 0.29) is 18.2 Å². The first-order valence-electron chi connectivity index (χ1n) is 9.04. The van der Waals surface area contributed by atoms with E-state index < -0.39 is 0 Å². The van der Waals surface area contributed by atoms with Gasteiger partial charge in [-0.3, -0.25) is 4.79 Å². The van der Waals surface area contributed by atoms with Crippen LogP contribution in [0.3, 0.4) is 0 Å². The van der Waals surface area contributed by atoms with E-state index in [1.165, 1.54) is 6.92 Å². The Labute approximate surface area is 140 Å². The first-order chi connectivity index (χ1) is 11.0. The molecular formula is C19H32O4. The minimum absolute atomic E-state index is 0.0106. The molecule has 0 aromatic heterocycles. The SMILES string of the molecule is C=C(C)CCC(OC(C)=O)C(C)CCCC1OCC2CCC1O2. The zero-order valence-corrected chi connectivity index (χ0v) is 14.9. The third-order valence-corrected chi connectivity index (χ3v) is 5.01. The van der Waals surface area contributed by atoms with Crippen LogP contribution in [-0.2, 0) is 19.0 Å². The lowest BCUT2D eigenvalue weighted by Crippen LogP contribution is -2.37. The summed E-state index contributed by atoms with van der Waals surface area (Å²) < 4.78 is 17.4. The minimum atomic E-state index is -0.190. The normalized spacial score (nSPS) is 29.1. The zero-order chi connectivity index (χ0) is 16.8. The summed E-state index contributed by atoms with van der Waals surface area (Å²) in [5.74, 6) is 0.170. The Morgan fingerprint density at radius 1 is 1.30 bits per heavy atom. The van der Waals surface area contributed by atoms with Crippen LogP contribution in [0.4, 0.5) is 0 Å². The van der Waals surface area contributed by atoms with Crippen LogP contribution in [-0.4, -0.2) is 37.0 Å². The molecule has 2 bridgehead atoms. The molecule has 0 radical (unpaired) electrons. The molecule has 2 fully saturated rings. The number of esters is 1. The third-order valence-electron chi connectivity index (χ3n) is 5.01. The molecule has 0 aromatic carbocycles. The van der Waals surface area contributed by atoms with Crippen molar-refractivity contribution in [2.75, 3.05) is 6.61 Å². The Balaban J connectivity index is 1.72. The van der Waals surface area contributed by atoms with Crippen LogP contribution in [0, 0.1) is 5.92 Å². The highest BCUT2D eigenvalue weighted by Crippen LogP contribution is 2.32. The molecule has 2 aliphatic heterocycles. The summed E-state index contributed by atoms with van der Waals surface area (Å²) in [4.78, 5) is 11.3. The summed E-state index contributed by atoms with van der Waals surface area (Å²) in [6.07, 6.45) is 8.11. The summed E-state index contributed by atoms with van der Waals surface area (Å²) in [6.45, 7) is 10.4. The van der Waals surface area contributed by atoms with Crippen molar-refractivity contribution in [2.24, 2.45) is 5.92 Å². The van der Waals surface area contributed by atoms with Gasteiger partial charge >= 0.3 is 5.97 Å². The van der Waals surface area contributed by atoms with Crippen molar-refractivity contribution in [3.63, 3.8) is 0 Å². The second kappa shape index (κ2) is 8.84. The summed E-state index contributed by atoms with van der Waals surface area (Å²) in [7, 11) is 0. The Bertz CT molecular complexity index is 406. The molecule has 4 heteroatoms. The quantitative estimate of drug-likeness (QED) is 0.474. The van der Waals surface area contributed by atoms with Crippen molar-refractivity contribution in [3.8, 4) is 0 Å². The molecule has 0 saturated carbocycles. The lowest BCUT2D eigenvalue weighted by Gasteiger charge is -2.30. The van der Waals surface area contributed by atoms with Crippen LogP contribution in [0.15, 0.2) is 12.2 Å². The molecule has 0 aromatic rings. The predicted octanol–water partition coefficient (Wildman–Crippen LogP) is 4.03. The Hall–Kier alpha value is -0.870. The minimum Gasteiger partial charge on any atom is -0.462 e. The number of carbonyl (C=O) groups excluding carboxylic acids is 1. The van der Waals surface area contributed by atoms with Crippen LogP contribution in [0.2, 0.25) is 0 Å². The fraction of sp³-hybridized carbons (Fsp3) is 0.842. The van der Waals surface area contributed by atoms with Gasteiger partial charge in [-0.2, -0.15) is 0 Å². The van der Waals surface area contributed by atoms with Crippen molar-refractivity contribution in [1.82, 2.24) is 0 Å². The van der Waals surface area contributed by atoms with Crippen LogP contribution in [0.1, 0.15) is 65.7 Å². The first kappa shape index (κ1) is 18.5. The molecule has 2 saturated heterocycles. The number of fused-ring (bicyclic) bond motifs is 2. The van der Waals surface area contributed by atoms with E-state index in [1.54, 1.807) is 0 Å². The van der Waals surface area contributed by atoms with Crippen LogP contribution < -0.4 is 0 Å². The van der Waals surface area contributed by atoms with E-state index in [1.807, 2.05) is 6.92 Å². The van der Waals surface area contributed by atoms with Gasteiger partial charge in [0.1, 0.15) is 6.10 Å². The van der Waals surface area contributed by atoms with Gasteiger partial charge < -0.3 is 14.2 Å². The highest BCUT2D eigenvalue weighted by Gasteiger charge is 2.37. The van der Waals surface area contributed by atoms with Gasteiger partial charge in [-0.05, 0) is 51.4 Å². The number of rotatable bonds is 9. The molecule has 2 rings (SSSR count). The van der Waals surface area contributed by atoms with Gasteiger partial charge in [0.25, 0.3) is 0 Å². The summed E-state index contributed by atoms with van der Waals surface area (Å²) in [5.41, 5.74) is 1.14. The molecule has 23 heavy (non-hydrogen) atoms. The lowest BCUT2D eigenvalue weighted by molar-refractivity contribution is -0.151.